The lowest BCUT2D eigenvalue weighted by Crippen LogP contribution is -2.62. The molecule has 0 bridgehead atoms. The van der Waals surface area contributed by atoms with Crippen LogP contribution in [0.25, 0.3) is 21.8 Å². The van der Waals surface area contributed by atoms with Gasteiger partial charge in [-0.25, -0.2) is 4.98 Å². The summed E-state index contributed by atoms with van der Waals surface area (Å²) in [6.45, 7) is 1.58. The Morgan fingerprint density at radius 1 is 1.02 bits per heavy atom. The highest BCUT2D eigenvalue weighted by atomic mass is 16.2. The summed E-state index contributed by atoms with van der Waals surface area (Å²) in [6.07, 6.45) is 4.22. The molecule has 3 saturated heterocycles. The summed E-state index contributed by atoms with van der Waals surface area (Å²) in [5.74, 6) is -0.891. The summed E-state index contributed by atoms with van der Waals surface area (Å²) in [7, 11) is 1.78. The standard InChI is InChI=1S/C38H44N8O4/c1-43-30-16-5-4-15-28(30)41-35(43)34(48)29(21-24-9-7-20-45(22-24)38(39)40)42-36(49)31-17-18-32-37(50)44(23-33(47)46(31)32)19-8-13-26-12-6-11-25-10-2-3-14-27(25)26/h2-6,10-12,14-16,24,29,31-32H,7-9,13,17-23H2,1H3,(H3,39,40)(H,42,49)/t24-,29-,31-,32-/m0/s1. The minimum Gasteiger partial charge on any atom is -0.370 e. The van der Waals surface area contributed by atoms with Crippen molar-refractivity contribution in [1.82, 2.24) is 29.6 Å². The van der Waals surface area contributed by atoms with Crippen LogP contribution in [0.1, 0.15) is 54.7 Å². The van der Waals surface area contributed by atoms with Crippen molar-refractivity contribution in [2.24, 2.45) is 18.7 Å². The molecule has 260 valence electrons. The van der Waals surface area contributed by atoms with Crippen LogP contribution < -0.4 is 11.1 Å². The fourth-order valence-corrected chi connectivity index (χ4v) is 8.18. The second kappa shape index (κ2) is 13.9. The van der Waals surface area contributed by atoms with Crippen LogP contribution in [-0.4, -0.2) is 98.0 Å². The number of nitrogens with two attached hydrogens (primary N) is 1. The summed E-state index contributed by atoms with van der Waals surface area (Å²) in [4.78, 5) is 64.9. The number of hydrogen-bond donors (Lipinski definition) is 3. The van der Waals surface area contributed by atoms with Crippen LogP contribution in [0.3, 0.4) is 0 Å². The Morgan fingerprint density at radius 3 is 2.62 bits per heavy atom. The second-order valence-electron chi connectivity index (χ2n) is 13.9. The van der Waals surface area contributed by atoms with Crippen LogP contribution >= 0.6 is 0 Å². The number of aryl methyl sites for hydroxylation is 2. The number of hydrogen-bond acceptors (Lipinski definition) is 6. The van der Waals surface area contributed by atoms with E-state index in [1.54, 1.807) is 21.4 Å². The van der Waals surface area contributed by atoms with Gasteiger partial charge in [0.25, 0.3) is 0 Å². The molecule has 3 aliphatic heterocycles. The number of benzene rings is 3. The topological polar surface area (TPSA) is 158 Å². The molecular weight excluding hydrogens is 632 g/mol. The molecule has 0 aliphatic carbocycles. The lowest BCUT2D eigenvalue weighted by atomic mass is 9.89. The Hall–Kier alpha value is -5.26. The molecule has 3 fully saturated rings. The molecule has 50 heavy (non-hydrogen) atoms. The molecule has 4 atom stereocenters. The van der Waals surface area contributed by atoms with E-state index in [-0.39, 0.29) is 41.8 Å². The van der Waals surface area contributed by atoms with E-state index in [0.29, 0.717) is 44.4 Å². The van der Waals surface area contributed by atoms with Gasteiger partial charge >= 0.3 is 0 Å². The highest BCUT2D eigenvalue weighted by Crippen LogP contribution is 2.31. The predicted molar refractivity (Wildman–Crippen MR) is 190 cm³/mol. The maximum absolute atomic E-state index is 14.2. The van der Waals surface area contributed by atoms with E-state index >= 15 is 0 Å². The molecule has 4 N–H and O–H groups in total. The summed E-state index contributed by atoms with van der Waals surface area (Å²) >= 11 is 0. The van der Waals surface area contributed by atoms with Gasteiger partial charge in [0.2, 0.25) is 23.5 Å². The third kappa shape index (κ3) is 6.41. The quantitative estimate of drug-likeness (QED) is 0.132. The van der Waals surface area contributed by atoms with E-state index in [1.807, 2.05) is 42.5 Å². The highest BCUT2D eigenvalue weighted by Gasteiger charge is 2.49. The summed E-state index contributed by atoms with van der Waals surface area (Å²) in [5, 5.41) is 13.3. The number of Topliss-reactive ketones (excluding diaryl/α,β-unsaturated/α-hetero) is 1. The van der Waals surface area contributed by atoms with Gasteiger partial charge < -0.3 is 30.3 Å². The Balaban J connectivity index is 1.04. The number of nitrogens with zero attached hydrogens (tertiary/aromatic N) is 5. The molecule has 12 nitrogen and oxygen atoms in total. The van der Waals surface area contributed by atoms with Gasteiger partial charge in [-0.05, 0) is 79.3 Å². The van der Waals surface area contributed by atoms with Crippen LogP contribution in [0.5, 0.6) is 0 Å². The lowest BCUT2D eigenvalue weighted by molar-refractivity contribution is -0.157. The van der Waals surface area contributed by atoms with Crippen LogP contribution in [0, 0.1) is 11.3 Å². The molecule has 1 aromatic heterocycles. The Bertz CT molecular complexity index is 1970. The van der Waals surface area contributed by atoms with E-state index < -0.39 is 24.0 Å². The smallest absolute Gasteiger partial charge is 0.245 e. The maximum atomic E-state index is 14.2. The molecule has 0 spiro atoms. The Labute approximate surface area is 291 Å². The molecule has 3 amide bonds. The first-order valence-corrected chi connectivity index (χ1v) is 17.6. The minimum absolute atomic E-state index is 0.00791. The number of ketones is 1. The van der Waals surface area contributed by atoms with Crippen molar-refractivity contribution in [3.8, 4) is 0 Å². The molecule has 3 aliphatic rings. The van der Waals surface area contributed by atoms with Gasteiger partial charge in [-0.3, -0.25) is 24.6 Å². The fourth-order valence-electron chi connectivity index (χ4n) is 8.18. The van der Waals surface area contributed by atoms with Crippen molar-refractivity contribution in [3.05, 3.63) is 78.1 Å². The molecule has 4 aromatic rings. The van der Waals surface area contributed by atoms with Crippen LogP contribution in [0.15, 0.2) is 66.7 Å². The number of piperidine rings is 1. The first kappa shape index (κ1) is 33.2. The zero-order valence-corrected chi connectivity index (χ0v) is 28.4. The normalized spacial score (nSPS) is 21.5. The van der Waals surface area contributed by atoms with Gasteiger partial charge in [0.15, 0.2) is 11.8 Å². The lowest BCUT2D eigenvalue weighted by Gasteiger charge is -2.39. The van der Waals surface area contributed by atoms with Gasteiger partial charge in [0, 0.05) is 26.7 Å². The number of para-hydroxylation sites is 2. The Morgan fingerprint density at radius 2 is 1.80 bits per heavy atom. The van der Waals surface area contributed by atoms with Crippen molar-refractivity contribution in [2.75, 3.05) is 26.2 Å². The van der Waals surface area contributed by atoms with E-state index in [4.69, 9.17) is 11.1 Å². The van der Waals surface area contributed by atoms with Crippen LogP contribution in [-0.2, 0) is 27.9 Å². The zero-order chi connectivity index (χ0) is 34.9. The van der Waals surface area contributed by atoms with Crippen molar-refractivity contribution >= 4 is 51.3 Å². The number of carbonyl (C=O) groups is 4. The first-order valence-electron chi connectivity index (χ1n) is 17.6. The molecule has 12 heteroatoms. The third-order valence-corrected chi connectivity index (χ3v) is 10.7. The SMILES string of the molecule is Cn1c(C(=O)[C@H](C[C@@H]2CCCN(C(=N)N)C2)NC(=O)[C@@H]2CC[C@H]3C(=O)N(CCCc4cccc5ccccc45)CC(=O)N23)nc2ccccc21. The highest BCUT2D eigenvalue weighted by molar-refractivity contribution is 6.03. The van der Waals surface area contributed by atoms with E-state index in [1.165, 1.54) is 21.2 Å². The van der Waals surface area contributed by atoms with Crippen molar-refractivity contribution in [1.29, 1.82) is 5.41 Å². The van der Waals surface area contributed by atoms with Gasteiger partial charge in [0.1, 0.15) is 12.1 Å². The molecule has 7 rings (SSSR count). The zero-order valence-electron chi connectivity index (χ0n) is 28.4. The summed E-state index contributed by atoms with van der Waals surface area (Å²) in [5.41, 5.74) is 8.50. The van der Waals surface area contributed by atoms with E-state index in [2.05, 4.69) is 34.6 Å². The number of nitrogens with one attached hydrogen (secondary N) is 2. The Kier molecular flexibility index (Phi) is 9.26. The van der Waals surface area contributed by atoms with Gasteiger partial charge in [0.05, 0.1) is 23.6 Å². The van der Waals surface area contributed by atoms with E-state index in [0.717, 1.165) is 31.2 Å². The van der Waals surface area contributed by atoms with Crippen LogP contribution in [0.2, 0.25) is 0 Å². The second-order valence-corrected chi connectivity index (χ2v) is 13.9. The number of guanidine groups is 1. The number of aromatic nitrogens is 2. The molecule has 0 unspecified atom stereocenters. The van der Waals surface area contributed by atoms with Gasteiger partial charge in [-0.15, -0.1) is 0 Å². The minimum atomic E-state index is -0.907. The number of likely N-dealkylation sites (tertiary alicyclic amines) is 1. The monoisotopic (exact) mass is 676 g/mol. The average molecular weight is 677 g/mol. The molecule has 4 heterocycles. The number of carbonyl (C=O) groups excluding carboxylic acids is 4. The number of amides is 3. The number of fused-ring (bicyclic) bond motifs is 3. The number of imidazole rings is 1. The van der Waals surface area contributed by atoms with Crippen molar-refractivity contribution < 1.29 is 19.2 Å². The number of rotatable bonds is 10. The third-order valence-electron chi connectivity index (χ3n) is 10.7. The molecule has 0 radical (unpaired) electrons. The largest absolute Gasteiger partial charge is 0.370 e. The van der Waals surface area contributed by atoms with Crippen LogP contribution in [0.4, 0.5) is 0 Å². The first-order chi connectivity index (χ1) is 24.2. The molecular formula is C38H44N8O4. The number of piperazine rings is 1. The molecule has 0 saturated carbocycles. The average Bonchev–Trinajstić information content (AvgIpc) is 3.72. The van der Waals surface area contributed by atoms with Crippen molar-refractivity contribution in [3.63, 3.8) is 0 Å². The maximum Gasteiger partial charge on any atom is 0.245 e. The molecule has 3 aromatic carbocycles. The van der Waals surface area contributed by atoms with Gasteiger partial charge in [-0.1, -0.05) is 54.6 Å². The summed E-state index contributed by atoms with van der Waals surface area (Å²) in [6, 6.07) is 19.5. The van der Waals surface area contributed by atoms with E-state index in [9.17, 15) is 19.2 Å². The predicted octanol–water partition coefficient (Wildman–Crippen LogP) is 3.22. The fraction of sp³-hybridized carbons (Fsp3) is 0.421. The summed E-state index contributed by atoms with van der Waals surface area (Å²) < 4.78 is 1.74. The van der Waals surface area contributed by atoms with Crippen molar-refractivity contribution in [2.45, 2.75) is 63.1 Å². The van der Waals surface area contributed by atoms with Gasteiger partial charge in [-0.2, -0.15) is 0 Å².